The Labute approximate surface area is 145 Å². The van der Waals surface area contributed by atoms with Crippen LogP contribution in [0.1, 0.15) is 44.1 Å². The summed E-state index contributed by atoms with van der Waals surface area (Å²) in [6, 6.07) is 8.63. The largest absolute Gasteiger partial charge is 0.493 e. The van der Waals surface area contributed by atoms with Gasteiger partial charge in [0.1, 0.15) is 5.75 Å². The van der Waals surface area contributed by atoms with Crippen LogP contribution in [-0.4, -0.2) is 43.1 Å². The molecule has 1 saturated carbocycles. The molecule has 1 aliphatic carbocycles. The number of nitrogens with one attached hydrogen (secondary N) is 1. The van der Waals surface area contributed by atoms with E-state index in [9.17, 15) is 4.79 Å². The Bertz CT molecular complexity index is 534. The summed E-state index contributed by atoms with van der Waals surface area (Å²) in [5, 5.41) is 3.66. The van der Waals surface area contributed by atoms with E-state index in [1.165, 1.54) is 19.4 Å². The summed E-state index contributed by atoms with van der Waals surface area (Å²) in [7, 11) is 0. The number of likely N-dealkylation sites (tertiary alicyclic amines) is 1. The van der Waals surface area contributed by atoms with Gasteiger partial charge in [-0.2, -0.15) is 0 Å². The number of aryl methyl sites for hydroxylation is 1. The van der Waals surface area contributed by atoms with Gasteiger partial charge < -0.3 is 15.0 Å². The van der Waals surface area contributed by atoms with E-state index in [-0.39, 0.29) is 5.91 Å². The SMILES string of the molecule is Cc1ccccc1OCCCC(=O)N1CCC(NCC2CC2)CC1. The van der Waals surface area contributed by atoms with E-state index >= 15 is 0 Å². The van der Waals surface area contributed by atoms with Crippen molar-refractivity contribution in [1.82, 2.24) is 10.2 Å². The van der Waals surface area contributed by atoms with Crippen molar-refractivity contribution in [1.29, 1.82) is 0 Å². The highest BCUT2D eigenvalue weighted by Crippen LogP contribution is 2.28. The van der Waals surface area contributed by atoms with E-state index in [1.807, 2.05) is 36.1 Å². The minimum absolute atomic E-state index is 0.282. The molecule has 2 fully saturated rings. The highest BCUT2D eigenvalue weighted by molar-refractivity contribution is 5.76. The molecule has 132 valence electrons. The average Bonchev–Trinajstić information content (AvgIpc) is 3.43. The number of piperidine rings is 1. The van der Waals surface area contributed by atoms with Crippen LogP contribution in [0.25, 0.3) is 0 Å². The molecule has 3 rings (SSSR count). The topological polar surface area (TPSA) is 41.6 Å². The van der Waals surface area contributed by atoms with Crippen molar-refractivity contribution in [3.05, 3.63) is 29.8 Å². The molecule has 0 bridgehead atoms. The molecule has 24 heavy (non-hydrogen) atoms. The van der Waals surface area contributed by atoms with Gasteiger partial charge in [-0.15, -0.1) is 0 Å². The summed E-state index contributed by atoms with van der Waals surface area (Å²) < 4.78 is 5.77. The Balaban J connectivity index is 1.29. The van der Waals surface area contributed by atoms with Crippen LogP contribution >= 0.6 is 0 Å². The third kappa shape index (κ3) is 5.23. The molecule has 1 aliphatic heterocycles. The predicted molar refractivity (Wildman–Crippen MR) is 96.2 cm³/mol. The van der Waals surface area contributed by atoms with Gasteiger partial charge in [0.25, 0.3) is 0 Å². The summed E-state index contributed by atoms with van der Waals surface area (Å²) in [5.41, 5.74) is 1.14. The summed E-state index contributed by atoms with van der Waals surface area (Å²) >= 11 is 0. The summed E-state index contributed by atoms with van der Waals surface area (Å²) in [4.78, 5) is 14.3. The predicted octanol–water partition coefficient (Wildman–Crippen LogP) is 3.14. The van der Waals surface area contributed by atoms with Crippen LogP contribution in [0.15, 0.2) is 24.3 Å². The second-order valence-corrected chi connectivity index (χ2v) is 7.22. The van der Waals surface area contributed by atoms with E-state index in [1.54, 1.807) is 0 Å². The smallest absolute Gasteiger partial charge is 0.222 e. The van der Waals surface area contributed by atoms with Gasteiger partial charge in [-0.3, -0.25) is 4.79 Å². The van der Waals surface area contributed by atoms with Crippen molar-refractivity contribution in [2.45, 2.75) is 51.5 Å². The maximum absolute atomic E-state index is 12.3. The third-order valence-electron chi connectivity index (χ3n) is 5.13. The Hall–Kier alpha value is -1.55. The van der Waals surface area contributed by atoms with Crippen LogP contribution in [-0.2, 0) is 4.79 Å². The second-order valence-electron chi connectivity index (χ2n) is 7.22. The molecule has 0 radical (unpaired) electrons. The standard InChI is InChI=1S/C20H30N2O2/c1-16-5-2-3-6-19(16)24-14-4-7-20(23)22-12-10-18(11-13-22)21-15-17-8-9-17/h2-3,5-6,17-18,21H,4,7-15H2,1H3. The van der Waals surface area contributed by atoms with Crippen molar-refractivity contribution < 1.29 is 9.53 Å². The monoisotopic (exact) mass is 330 g/mol. The molecule has 1 amide bonds. The molecular formula is C20H30N2O2. The molecule has 0 atom stereocenters. The maximum Gasteiger partial charge on any atom is 0.222 e. The van der Waals surface area contributed by atoms with E-state index in [2.05, 4.69) is 5.32 Å². The van der Waals surface area contributed by atoms with Gasteiger partial charge in [-0.1, -0.05) is 18.2 Å². The van der Waals surface area contributed by atoms with Gasteiger partial charge in [-0.25, -0.2) is 0 Å². The first-order valence-corrected chi connectivity index (χ1v) is 9.42. The van der Waals surface area contributed by atoms with Crippen LogP contribution in [0.4, 0.5) is 0 Å². The summed E-state index contributed by atoms with van der Waals surface area (Å²) in [6.45, 7) is 5.63. The molecule has 0 aromatic heterocycles. The number of carbonyl (C=O) groups is 1. The number of hydrogen-bond acceptors (Lipinski definition) is 3. The number of nitrogens with zero attached hydrogens (tertiary/aromatic N) is 1. The quantitative estimate of drug-likeness (QED) is 0.745. The number of para-hydroxylation sites is 1. The Morgan fingerprint density at radius 1 is 1.21 bits per heavy atom. The van der Waals surface area contributed by atoms with Crippen molar-refractivity contribution in [2.75, 3.05) is 26.2 Å². The molecular weight excluding hydrogens is 300 g/mol. The van der Waals surface area contributed by atoms with E-state index in [0.29, 0.717) is 19.1 Å². The van der Waals surface area contributed by atoms with Crippen LogP contribution in [0.2, 0.25) is 0 Å². The lowest BCUT2D eigenvalue weighted by Crippen LogP contribution is -2.45. The molecule has 1 heterocycles. The fraction of sp³-hybridized carbons (Fsp3) is 0.650. The molecule has 2 aliphatic rings. The second kappa shape index (κ2) is 8.52. The van der Waals surface area contributed by atoms with Crippen LogP contribution in [0.3, 0.4) is 0 Å². The lowest BCUT2D eigenvalue weighted by Gasteiger charge is -2.32. The Morgan fingerprint density at radius 3 is 2.67 bits per heavy atom. The first-order valence-electron chi connectivity index (χ1n) is 9.42. The maximum atomic E-state index is 12.3. The van der Waals surface area contributed by atoms with Gasteiger partial charge in [0.15, 0.2) is 0 Å². The molecule has 4 heteroatoms. The Morgan fingerprint density at radius 2 is 1.96 bits per heavy atom. The highest BCUT2D eigenvalue weighted by Gasteiger charge is 2.25. The van der Waals surface area contributed by atoms with Crippen molar-refractivity contribution in [3.63, 3.8) is 0 Å². The zero-order valence-corrected chi connectivity index (χ0v) is 14.8. The first kappa shape index (κ1) is 17.3. The zero-order chi connectivity index (χ0) is 16.8. The molecule has 1 aromatic rings. The number of rotatable bonds is 8. The van der Waals surface area contributed by atoms with Gasteiger partial charge in [-0.05, 0) is 63.1 Å². The van der Waals surface area contributed by atoms with E-state index in [4.69, 9.17) is 4.74 Å². The number of ether oxygens (including phenoxy) is 1. The van der Waals surface area contributed by atoms with E-state index in [0.717, 1.165) is 49.6 Å². The first-order chi connectivity index (χ1) is 11.7. The van der Waals surface area contributed by atoms with Crippen LogP contribution in [0, 0.1) is 12.8 Å². The molecule has 4 nitrogen and oxygen atoms in total. The van der Waals surface area contributed by atoms with Crippen molar-refractivity contribution in [3.8, 4) is 5.75 Å². The molecule has 0 unspecified atom stereocenters. The van der Waals surface area contributed by atoms with Gasteiger partial charge >= 0.3 is 0 Å². The summed E-state index contributed by atoms with van der Waals surface area (Å²) in [6.07, 6.45) is 6.36. The van der Waals surface area contributed by atoms with Crippen LogP contribution in [0.5, 0.6) is 5.75 Å². The Kier molecular flexibility index (Phi) is 6.13. The number of carbonyl (C=O) groups excluding carboxylic acids is 1. The molecule has 1 aromatic carbocycles. The van der Waals surface area contributed by atoms with Crippen LogP contribution < -0.4 is 10.1 Å². The average molecular weight is 330 g/mol. The molecule has 0 spiro atoms. The molecule has 1 saturated heterocycles. The van der Waals surface area contributed by atoms with Crippen molar-refractivity contribution >= 4 is 5.91 Å². The normalized spacial score (nSPS) is 18.6. The number of hydrogen-bond donors (Lipinski definition) is 1. The minimum atomic E-state index is 0.282. The highest BCUT2D eigenvalue weighted by atomic mass is 16.5. The number of amides is 1. The van der Waals surface area contributed by atoms with Gasteiger partial charge in [0, 0.05) is 25.6 Å². The third-order valence-corrected chi connectivity index (χ3v) is 5.13. The van der Waals surface area contributed by atoms with E-state index < -0.39 is 0 Å². The van der Waals surface area contributed by atoms with Gasteiger partial charge in [0.2, 0.25) is 5.91 Å². The number of benzene rings is 1. The molecule has 1 N–H and O–H groups in total. The van der Waals surface area contributed by atoms with Crippen molar-refractivity contribution in [2.24, 2.45) is 5.92 Å². The lowest BCUT2D eigenvalue weighted by molar-refractivity contribution is -0.132. The minimum Gasteiger partial charge on any atom is -0.493 e. The summed E-state index contributed by atoms with van der Waals surface area (Å²) in [5.74, 6) is 2.13. The zero-order valence-electron chi connectivity index (χ0n) is 14.8. The fourth-order valence-corrected chi connectivity index (χ4v) is 3.27. The lowest BCUT2D eigenvalue weighted by atomic mass is 10.0. The van der Waals surface area contributed by atoms with Gasteiger partial charge in [0.05, 0.1) is 6.61 Å². The fourth-order valence-electron chi connectivity index (χ4n) is 3.27.